The van der Waals surface area contributed by atoms with Gasteiger partial charge in [-0.05, 0) is 43.0 Å². The van der Waals surface area contributed by atoms with E-state index in [1.54, 1.807) is 0 Å². The summed E-state index contributed by atoms with van der Waals surface area (Å²) in [7, 11) is 0. The molecule has 1 unspecified atom stereocenters. The molecule has 0 spiro atoms. The Balaban J connectivity index is 2.25. The van der Waals surface area contributed by atoms with Crippen LogP contribution in [0, 0.1) is 0 Å². The Morgan fingerprint density at radius 1 is 1.44 bits per heavy atom. The van der Waals surface area contributed by atoms with Gasteiger partial charge in [-0.15, -0.1) is 11.3 Å². The summed E-state index contributed by atoms with van der Waals surface area (Å²) in [4.78, 5) is 1.52. The highest BCUT2D eigenvalue weighted by Crippen LogP contribution is 2.14. The van der Waals surface area contributed by atoms with Gasteiger partial charge in [-0.2, -0.15) is 11.8 Å². The third kappa shape index (κ3) is 5.92. The van der Waals surface area contributed by atoms with Crippen molar-refractivity contribution in [3.05, 3.63) is 22.4 Å². The molecule has 92 valence electrons. The van der Waals surface area contributed by atoms with Crippen LogP contribution in [-0.4, -0.2) is 24.1 Å². The van der Waals surface area contributed by atoms with Gasteiger partial charge in [-0.25, -0.2) is 0 Å². The molecule has 0 bridgehead atoms. The minimum atomic E-state index is 0.687. The van der Waals surface area contributed by atoms with Crippen molar-refractivity contribution in [1.82, 2.24) is 5.32 Å². The fraction of sp³-hybridized carbons (Fsp3) is 0.692. The SMILES string of the molecule is CCCNC(CCc1cccs1)CSCC. The number of hydrogen-bond donors (Lipinski definition) is 1. The lowest BCUT2D eigenvalue weighted by Crippen LogP contribution is -2.32. The smallest absolute Gasteiger partial charge is 0.0161 e. The van der Waals surface area contributed by atoms with E-state index in [4.69, 9.17) is 0 Å². The zero-order valence-corrected chi connectivity index (χ0v) is 12.0. The Morgan fingerprint density at radius 3 is 2.94 bits per heavy atom. The van der Waals surface area contributed by atoms with Crippen molar-refractivity contribution in [1.29, 1.82) is 0 Å². The zero-order chi connectivity index (χ0) is 11.6. The van der Waals surface area contributed by atoms with E-state index in [-0.39, 0.29) is 0 Å². The lowest BCUT2D eigenvalue weighted by atomic mass is 10.1. The van der Waals surface area contributed by atoms with Crippen LogP contribution in [-0.2, 0) is 6.42 Å². The van der Waals surface area contributed by atoms with Crippen LogP contribution >= 0.6 is 23.1 Å². The molecule has 0 saturated heterocycles. The van der Waals surface area contributed by atoms with Crippen molar-refractivity contribution in [3.63, 3.8) is 0 Å². The number of nitrogens with one attached hydrogen (secondary N) is 1. The van der Waals surface area contributed by atoms with Gasteiger partial charge in [0.1, 0.15) is 0 Å². The van der Waals surface area contributed by atoms with E-state index >= 15 is 0 Å². The fourth-order valence-electron chi connectivity index (χ4n) is 1.62. The van der Waals surface area contributed by atoms with E-state index in [1.165, 1.54) is 35.6 Å². The first-order valence-corrected chi connectivity index (χ1v) is 8.23. The molecule has 1 heterocycles. The highest BCUT2D eigenvalue weighted by Gasteiger charge is 2.07. The summed E-state index contributed by atoms with van der Waals surface area (Å²) in [5.74, 6) is 2.48. The largest absolute Gasteiger partial charge is 0.313 e. The summed E-state index contributed by atoms with van der Waals surface area (Å²) in [6, 6.07) is 5.08. The van der Waals surface area contributed by atoms with Crippen LogP contribution in [0.2, 0.25) is 0 Å². The molecule has 0 saturated carbocycles. The van der Waals surface area contributed by atoms with Crippen molar-refractivity contribution in [2.24, 2.45) is 0 Å². The summed E-state index contributed by atoms with van der Waals surface area (Å²) >= 11 is 3.92. The van der Waals surface area contributed by atoms with Gasteiger partial charge in [0.15, 0.2) is 0 Å². The highest BCUT2D eigenvalue weighted by atomic mass is 32.2. The van der Waals surface area contributed by atoms with Gasteiger partial charge in [0.05, 0.1) is 0 Å². The Bertz CT molecular complexity index is 238. The van der Waals surface area contributed by atoms with Gasteiger partial charge in [-0.1, -0.05) is 19.9 Å². The minimum absolute atomic E-state index is 0.687. The first-order chi connectivity index (χ1) is 7.86. The second-order valence-electron chi connectivity index (χ2n) is 3.93. The summed E-state index contributed by atoms with van der Waals surface area (Å²) in [6.07, 6.45) is 3.73. The molecule has 1 atom stereocenters. The highest BCUT2D eigenvalue weighted by molar-refractivity contribution is 7.99. The molecule has 0 aliphatic heterocycles. The maximum Gasteiger partial charge on any atom is 0.0161 e. The van der Waals surface area contributed by atoms with Crippen LogP contribution in [0.25, 0.3) is 0 Å². The van der Waals surface area contributed by atoms with E-state index in [1.807, 2.05) is 23.1 Å². The fourth-order valence-corrected chi connectivity index (χ4v) is 3.15. The lowest BCUT2D eigenvalue weighted by Gasteiger charge is -2.17. The molecule has 1 nitrogen and oxygen atoms in total. The first kappa shape index (κ1) is 14.1. The second kappa shape index (κ2) is 9.08. The third-order valence-corrected chi connectivity index (χ3v) is 4.51. The zero-order valence-electron chi connectivity index (χ0n) is 10.4. The van der Waals surface area contributed by atoms with E-state index in [9.17, 15) is 0 Å². The van der Waals surface area contributed by atoms with Crippen molar-refractivity contribution in [3.8, 4) is 0 Å². The van der Waals surface area contributed by atoms with Gasteiger partial charge in [-0.3, -0.25) is 0 Å². The Hall–Kier alpha value is 0.01000. The molecule has 1 N–H and O–H groups in total. The van der Waals surface area contributed by atoms with E-state index in [0.717, 1.165) is 6.54 Å². The molecule has 0 fully saturated rings. The molecule has 1 aromatic heterocycles. The molecular formula is C13H23NS2. The topological polar surface area (TPSA) is 12.0 Å². The van der Waals surface area contributed by atoms with Crippen molar-refractivity contribution >= 4 is 23.1 Å². The van der Waals surface area contributed by atoms with Crippen molar-refractivity contribution in [2.75, 3.05) is 18.1 Å². The van der Waals surface area contributed by atoms with Crippen molar-refractivity contribution in [2.45, 2.75) is 39.2 Å². The minimum Gasteiger partial charge on any atom is -0.313 e. The number of aryl methyl sites for hydroxylation is 1. The summed E-state index contributed by atoms with van der Waals surface area (Å²) in [6.45, 7) is 5.62. The quantitative estimate of drug-likeness (QED) is 0.722. The van der Waals surface area contributed by atoms with Gasteiger partial charge >= 0.3 is 0 Å². The van der Waals surface area contributed by atoms with Gasteiger partial charge < -0.3 is 5.32 Å². The predicted octanol–water partition coefficient (Wildman–Crippen LogP) is 3.80. The van der Waals surface area contributed by atoms with Crippen LogP contribution in [0.3, 0.4) is 0 Å². The second-order valence-corrected chi connectivity index (χ2v) is 6.28. The number of hydrogen-bond acceptors (Lipinski definition) is 3. The molecule has 3 heteroatoms. The molecule has 1 rings (SSSR count). The van der Waals surface area contributed by atoms with E-state index in [0.29, 0.717) is 6.04 Å². The molecule has 1 aromatic rings. The van der Waals surface area contributed by atoms with Crippen LogP contribution in [0.5, 0.6) is 0 Å². The third-order valence-electron chi connectivity index (χ3n) is 2.53. The lowest BCUT2D eigenvalue weighted by molar-refractivity contribution is 0.521. The number of thiophene rings is 1. The van der Waals surface area contributed by atoms with Gasteiger partial charge in [0.25, 0.3) is 0 Å². The van der Waals surface area contributed by atoms with Crippen LogP contribution < -0.4 is 5.32 Å². The maximum atomic E-state index is 3.65. The molecule has 0 radical (unpaired) electrons. The average Bonchev–Trinajstić information content (AvgIpc) is 2.81. The summed E-state index contributed by atoms with van der Waals surface area (Å²) < 4.78 is 0. The van der Waals surface area contributed by atoms with Crippen LogP contribution in [0.1, 0.15) is 31.6 Å². The Morgan fingerprint density at radius 2 is 2.31 bits per heavy atom. The maximum absolute atomic E-state index is 3.65. The molecular weight excluding hydrogens is 234 g/mol. The molecule has 16 heavy (non-hydrogen) atoms. The predicted molar refractivity (Wildman–Crippen MR) is 77.7 cm³/mol. The van der Waals surface area contributed by atoms with Gasteiger partial charge in [0.2, 0.25) is 0 Å². The van der Waals surface area contributed by atoms with Gasteiger partial charge in [0, 0.05) is 16.7 Å². The Kier molecular flexibility index (Phi) is 7.99. The average molecular weight is 257 g/mol. The number of thioether (sulfide) groups is 1. The Labute approximate surface area is 108 Å². The van der Waals surface area contributed by atoms with E-state index in [2.05, 4.69) is 36.7 Å². The number of rotatable bonds is 9. The van der Waals surface area contributed by atoms with Crippen molar-refractivity contribution < 1.29 is 0 Å². The molecule has 0 aliphatic rings. The summed E-state index contributed by atoms with van der Waals surface area (Å²) in [5.41, 5.74) is 0. The van der Waals surface area contributed by atoms with Crippen LogP contribution in [0.15, 0.2) is 17.5 Å². The van der Waals surface area contributed by atoms with E-state index < -0.39 is 0 Å². The monoisotopic (exact) mass is 257 g/mol. The summed E-state index contributed by atoms with van der Waals surface area (Å²) in [5, 5.41) is 5.82. The first-order valence-electron chi connectivity index (χ1n) is 6.20. The standard InChI is InChI=1S/C13H23NS2/c1-3-9-14-12(11-15-4-2)7-8-13-6-5-10-16-13/h5-6,10,12,14H,3-4,7-9,11H2,1-2H3. The molecule has 0 aliphatic carbocycles. The normalized spacial score (nSPS) is 12.9. The molecule has 0 amide bonds. The van der Waals surface area contributed by atoms with Crippen LogP contribution in [0.4, 0.5) is 0 Å². The molecule has 0 aromatic carbocycles.